The third-order valence-corrected chi connectivity index (χ3v) is 18.2. The Balaban J connectivity index is 0.000000141. The highest BCUT2D eigenvalue weighted by Gasteiger charge is 2.20. The van der Waals surface area contributed by atoms with E-state index in [0.717, 1.165) is 34.1 Å². The third kappa shape index (κ3) is 9.84. The zero-order valence-electron chi connectivity index (χ0n) is 50.4. The molecule has 432 valence electrons. The predicted octanol–water partition coefficient (Wildman–Crippen LogP) is 24.5. The van der Waals surface area contributed by atoms with E-state index < -0.39 is 0 Å². The van der Waals surface area contributed by atoms with Gasteiger partial charge in [0.05, 0.1) is 22.1 Å². The van der Waals surface area contributed by atoms with Gasteiger partial charge in [0.1, 0.15) is 0 Å². The standard InChI is InChI=1S/2C44H30N2/c1-2-16-37(17-3-1)46-43-20-9-8-19-41(43)42-30-36(23-26-44(42)46)35-15-10-18-38(29-35)45(39-24-21-31-11-4-6-13-33(31)27-39)40-25-22-32-12-5-7-14-34(32)28-40;1-2-16-37(17-3-1)46-43-20-9-8-19-41(43)42-26-23-36(30-44(42)46)35-15-10-18-38(29-35)45(39-24-21-31-11-4-6-13-33(31)27-39)40-25-22-32-12-5-7-14-34(32)28-40/h2*1-30H. The van der Waals surface area contributed by atoms with Crippen molar-refractivity contribution in [3.05, 3.63) is 364 Å². The minimum Gasteiger partial charge on any atom is -0.310 e. The lowest BCUT2D eigenvalue weighted by atomic mass is 10.0. The SMILES string of the molecule is c1ccc(-n2c3ccccc3c3cc(-c4cccc(N(c5ccc6ccccc6c5)c5ccc6ccccc6c5)c4)ccc32)cc1.c1ccc(-n2c3ccccc3c3ccc(-c4cccc(N(c5ccc6ccccc6c5)c5ccc6ccccc6c5)c4)cc32)cc1. The summed E-state index contributed by atoms with van der Waals surface area (Å²) in [5.74, 6) is 0. The average molecular weight is 1170 g/mol. The molecule has 0 atom stereocenters. The van der Waals surface area contributed by atoms with Gasteiger partial charge in [-0.25, -0.2) is 0 Å². The second-order valence-electron chi connectivity index (χ2n) is 23.7. The Labute approximate surface area is 534 Å². The van der Waals surface area contributed by atoms with Crippen molar-refractivity contribution in [3.63, 3.8) is 0 Å². The Morgan fingerprint density at radius 2 is 0.478 bits per heavy atom. The van der Waals surface area contributed by atoms with Crippen LogP contribution in [0.4, 0.5) is 34.1 Å². The predicted molar refractivity (Wildman–Crippen MR) is 392 cm³/mol. The highest BCUT2D eigenvalue weighted by molar-refractivity contribution is 6.12. The zero-order chi connectivity index (χ0) is 60.9. The van der Waals surface area contributed by atoms with Crippen LogP contribution >= 0.6 is 0 Å². The number of rotatable bonds is 10. The number of fused-ring (bicyclic) bond motifs is 10. The van der Waals surface area contributed by atoms with Gasteiger partial charge >= 0.3 is 0 Å². The summed E-state index contributed by atoms with van der Waals surface area (Å²) >= 11 is 0. The first-order chi connectivity index (χ1) is 45.6. The van der Waals surface area contributed by atoms with E-state index in [-0.39, 0.29) is 0 Å². The van der Waals surface area contributed by atoms with Gasteiger partial charge in [0.15, 0.2) is 0 Å². The van der Waals surface area contributed by atoms with E-state index in [9.17, 15) is 0 Å². The highest BCUT2D eigenvalue weighted by atomic mass is 15.1. The lowest BCUT2D eigenvalue weighted by Crippen LogP contribution is -2.10. The first-order valence-electron chi connectivity index (χ1n) is 31.5. The number of nitrogens with zero attached hydrogens (tertiary/aromatic N) is 4. The van der Waals surface area contributed by atoms with E-state index in [1.54, 1.807) is 0 Å². The van der Waals surface area contributed by atoms with Crippen molar-refractivity contribution in [2.45, 2.75) is 0 Å². The maximum Gasteiger partial charge on any atom is 0.0547 e. The molecule has 0 unspecified atom stereocenters. The van der Waals surface area contributed by atoms with Crippen LogP contribution in [0.3, 0.4) is 0 Å². The maximum absolute atomic E-state index is 2.38. The summed E-state index contributed by atoms with van der Waals surface area (Å²) in [4.78, 5) is 4.75. The lowest BCUT2D eigenvalue weighted by molar-refractivity contribution is 1.18. The van der Waals surface area contributed by atoms with Crippen LogP contribution in [0.1, 0.15) is 0 Å². The highest BCUT2D eigenvalue weighted by Crippen LogP contribution is 2.43. The van der Waals surface area contributed by atoms with Gasteiger partial charge in [-0.3, -0.25) is 0 Å². The number of hydrogen-bond donors (Lipinski definition) is 0. The largest absolute Gasteiger partial charge is 0.310 e. The molecule has 0 aliphatic carbocycles. The van der Waals surface area contributed by atoms with Gasteiger partial charge in [-0.1, -0.05) is 237 Å². The number of benzene rings is 16. The number of para-hydroxylation sites is 4. The summed E-state index contributed by atoms with van der Waals surface area (Å²) in [5, 5.41) is 14.9. The monoisotopic (exact) mass is 1170 g/mol. The van der Waals surface area contributed by atoms with E-state index in [0.29, 0.717) is 0 Å². The Kier molecular flexibility index (Phi) is 13.5. The Hall–Kier alpha value is -12.2. The molecule has 18 aromatic rings. The Morgan fingerprint density at radius 3 is 0.924 bits per heavy atom. The van der Waals surface area contributed by atoms with E-state index in [2.05, 4.69) is 383 Å². The fourth-order valence-electron chi connectivity index (χ4n) is 13.8. The van der Waals surface area contributed by atoms with Crippen LogP contribution < -0.4 is 9.80 Å². The van der Waals surface area contributed by atoms with Gasteiger partial charge in [-0.15, -0.1) is 0 Å². The van der Waals surface area contributed by atoms with Gasteiger partial charge in [0.2, 0.25) is 0 Å². The van der Waals surface area contributed by atoms with Crippen molar-refractivity contribution >= 4 is 121 Å². The van der Waals surface area contributed by atoms with Crippen molar-refractivity contribution < 1.29 is 0 Å². The molecular formula is C88H60N4. The number of hydrogen-bond acceptors (Lipinski definition) is 2. The average Bonchev–Trinajstić information content (AvgIpc) is 1.61. The van der Waals surface area contributed by atoms with Gasteiger partial charge in [-0.2, -0.15) is 0 Å². The van der Waals surface area contributed by atoms with Gasteiger partial charge in [0, 0.05) is 67.0 Å². The van der Waals surface area contributed by atoms with Crippen molar-refractivity contribution in [1.29, 1.82) is 0 Å². The number of anilines is 6. The molecule has 0 bridgehead atoms. The van der Waals surface area contributed by atoms with Crippen LogP contribution in [-0.4, -0.2) is 9.13 Å². The van der Waals surface area contributed by atoms with Crippen molar-refractivity contribution in [2.75, 3.05) is 9.80 Å². The molecular weight excluding hydrogens is 1110 g/mol. The topological polar surface area (TPSA) is 16.3 Å². The molecule has 18 rings (SSSR count). The summed E-state index contributed by atoms with van der Waals surface area (Å²) in [7, 11) is 0. The molecule has 0 amide bonds. The van der Waals surface area contributed by atoms with Crippen LogP contribution in [0.25, 0.3) is 120 Å². The van der Waals surface area contributed by atoms with E-state index in [1.165, 1.54) is 120 Å². The number of aromatic nitrogens is 2. The molecule has 92 heavy (non-hydrogen) atoms. The van der Waals surface area contributed by atoms with Crippen molar-refractivity contribution in [1.82, 2.24) is 9.13 Å². The molecule has 0 saturated carbocycles. The van der Waals surface area contributed by atoms with Crippen LogP contribution in [0.5, 0.6) is 0 Å². The van der Waals surface area contributed by atoms with Gasteiger partial charge < -0.3 is 18.9 Å². The molecule has 0 saturated heterocycles. The Morgan fingerprint density at radius 1 is 0.163 bits per heavy atom. The Bertz CT molecular complexity index is 5640. The van der Waals surface area contributed by atoms with Crippen LogP contribution in [0.2, 0.25) is 0 Å². The molecule has 4 nitrogen and oxygen atoms in total. The molecule has 2 heterocycles. The van der Waals surface area contributed by atoms with Gasteiger partial charge in [0.25, 0.3) is 0 Å². The molecule has 0 N–H and O–H groups in total. The van der Waals surface area contributed by atoms with E-state index in [1.807, 2.05) is 0 Å². The van der Waals surface area contributed by atoms with E-state index in [4.69, 9.17) is 0 Å². The maximum atomic E-state index is 2.38. The van der Waals surface area contributed by atoms with Crippen LogP contribution in [0, 0.1) is 0 Å². The second-order valence-corrected chi connectivity index (χ2v) is 23.7. The molecule has 0 fully saturated rings. The molecule has 16 aromatic carbocycles. The second kappa shape index (κ2) is 23.0. The molecule has 0 spiro atoms. The molecule has 0 aliphatic rings. The quantitative estimate of drug-likeness (QED) is 0.136. The summed E-state index contributed by atoms with van der Waals surface area (Å²) in [5.41, 5.74) is 18.7. The molecule has 0 aliphatic heterocycles. The van der Waals surface area contributed by atoms with Crippen LogP contribution in [0.15, 0.2) is 364 Å². The minimum atomic E-state index is 1.12. The van der Waals surface area contributed by atoms with Crippen molar-refractivity contribution in [2.24, 2.45) is 0 Å². The third-order valence-electron chi connectivity index (χ3n) is 18.2. The fraction of sp³-hybridized carbons (Fsp3) is 0. The first-order valence-corrected chi connectivity index (χ1v) is 31.5. The van der Waals surface area contributed by atoms with Crippen LogP contribution in [-0.2, 0) is 0 Å². The van der Waals surface area contributed by atoms with E-state index >= 15 is 0 Å². The smallest absolute Gasteiger partial charge is 0.0547 e. The molecule has 4 heteroatoms. The molecule has 2 aromatic heterocycles. The normalized spacial score (nSPS) is 11.5. The summed E-state index contributed by atoms with van der Waals surface area (Å²) < 4.78 is 4.75. The summed E-state index contributed by atoms with van der Waals surface area (Å²) in [6.07, 6.45) is 0. The minimum absolute atomic E-state index is 1.12. The fourth-order valence-corrected chi connectivity index (χ4v) is 13.8. The lowest BCUT2D eigenvalue weighted by Gasteiger charge is -2.27. The summed E-state index contributed by atoms with van der Waals surface area (Å²) in [6.45, 7) is 0. The first kappa shape index (κ1) is 54.0. The summed E-state index contributed by atoms with van der Waals surface area (Å²) in [6, 6.07) is 132. The zero-order valence-corrected chi connectivity index (χ0v) is 50.4. The molecule has 0 radical (unpaired) electrons. The van der Waals surface area contributed by atoms with Gasteiger partial charge in [-0.05, 0) is 193 Å². The van der Waals surface area contributed by atoms with Crippen molar-refractivity contribution in [3.8, 4) is 33.6 Å².